The highest BCUT2D eigenvalue weighted by Crippen LogP contribution is 2.22. The molecule has 0 bridgehead atoms. The second-order valence-corrected chi connectivity index (χ2v) is 7.92. The van der Waals surface area contributed by atoms with Gasteiger partial charge in [0.05, 0.1) is 29.4 Å². The monoisotopic (exact) mass is 464 g/mol. The third kappa shape index (κ3) is 5.45. The van der Waals surface area contributed by atoms with E-state index in [0.29, 0.717) is 28.5 Å². The predicted octanol–water partition coefficient (Wildman–Crippen LogP) is 2.39. The quantitative estimate of drug-likeness (QED) is 0.387. The molecule has 2 amide bonds. The van der Waals surface area contributed by atoms with Gasteiger partial charge in [-0.15, -0.1) is 0 Å². The molecule has 0 spiro atoms. The highest BCUT2D eigenvalue weighted by molar-refractivity contribution is 6.35. The molecule has 0 atom stereocenters. The van der Waals surface area contributed by atoms with E-state index in [9.17, 15) is 14.4 Å². The van der Waals surface area contributed by atoms with Crippen LogP contribution in [-0.2, 0) is 24.4 Å². The molecule has 0 fully saturated rings. The molecule has 0 radical (unpaired) electrons. The van der Waals surface area contributed by atoms with Crippen LogP contribution >= 0.6 is 11.6 Å². The maximum absolute atomic E-state index is 12.7. The van der Waals surface area contributed by atoms with E-state index in [4.69, 9.17) is 11.6 Å². The minimum atomic E-state index is -0.312. The van der Waals surface area contributed by atoms with Gasteiger partial charge in [-0.2, -0.15) is 0 Å². The van der Waals surface area contributed by atoms with Crippen LogP contribution < -0.4 is 16.2 Å². The number of carbonyl (C=O) groups is 2. The first-order chi connectivity index (χ1) is 15.9. The van der Waals surface area contributed by atoms with Gasteiger partial charge >= 0.3 is 0 Å². The van der Waals surface area contributed by atoms with Crippen LogP contribution in [0.25, 0.3) is 11.0 Å². The van der Waals surface area contributed by atoms with Gasteiger partial charge in [-0.1, -0.05) is 17.7 Å². The van der Waals surface area contributed by atoms with Crippen molar-refractivity contribution in [2.75, 3.05) is 0 Å². The average Bonchev–Trinajstić information content (AvgIpc) is 3.18. The van der Waals surface area contributed by atoms with Gasteiger partial charge in [-0.05, 0) is 29.3 Å². The Bertz CT molecular complexity index is 1380. The van der Waals surface area contributed by atoms with Gasteiger partial charge in [0, 0.05) is 49.7 Å². The van der Waals surface area contributed by atoms with Crippen molar-refractivity contribution >= 4 is 34.4 Å². The number of pyridine rings is 3. The number of aromatic amines is 1. The molecule has 0 aromatic carbocycles. The maximum atomic E-state index is 12.7. The molecule has 10 heteroatoms. The lowest BCUT2D eigenvalue weighted by Gasteiger charge is -2.10. The Morgan fingerprint density at radius 3 is 2.64 bits per heavy atom. The smallest absolute Gasteiger partial charge is 0.253 e. The summed E-state index contributed by atoms with van der Waals surface area (Å²) in [6.45, 7) is 2.31. The van der Waals surface area contributed by atoms with Gasteiger partial charge in [0.25, 0.3) is 11.5 Å². The Morgan fingerprint density at radius 2 is 1.88 bits per heavy atom. The van der Waals surface area contributed by atoms with E-state index in [2.05, 4.69) is 25.6 Å². The minimum Gasteiger partial charge on any atom is -0.351 e. The van der Waals surface area contributed by atoms with Crippen LogP contribution in [0, 0.1) is 0 Å². The molecule has 4 aromatic rings. The number of amides is 2. The largest absolute Gasteiger partial charge is 0.351 e. The number of H-pyrrole nitrogens is 1. The molecule has 4 rings (SSSR count). The fourth-order valence-electron chi connectivity index (χ4n) is 3.25. The lowest BCUT2D eigenvalue weighted by molar-refractivity contribution is -0.119. The van der Waals surface area contributed by atoms with Crippen LogP contribution in [0.4, 0.5) is 0 Å². The van der Waals surface area contributed by atoms with Crippen molar-refractivity contribution in [1.29, 1.82) is 0 Å². The normalized spacial score (nSPS) is 10.8. The predicted molar refractivity (Wildman–Crippen MR) is 124 cm³/mol. The van der Waals surface area contributed by atoms with E-state index in [-0.39, 0.29) is 30.5 Å². The lowest BCUT2D eigenvalue weighted by Crippen LogP contribution is -2.26. The SMILES string of the molecule is CC(=O)NCc1ccc(Cn2cc(C(=O)NCc3cnc4[nH]cc(Cl)c4c3)ccc2=O)cn1. The van der Waals surface area contributed by atoms with E-state index < -0.39 is 0 Å². The fourth-order valence-corrected chi connectivity index (χ4v) is 3.45. The summed E-state index contributed by atoms with van der Waals surface area (Å²) in [6, 6.07) is 8.34. The van der Waals surface area contributed by atoms with E-state index in [1.54, 1.807) is 24.7 Å². The Labute approximate surface area is 193 Å². The molecule has 4 heterocycles. The average molecular weight is 465 g/mol. The van der Waals surface area contributed by atoms with Crippen LogP contribution in [0.2, 0.25) is 5.02 Å². The molecule has 0 unspecified atom stereocenters. The molecule has 0 aliphatic carbocycles. The third-order valence-electron chi connectivity index (χ3n) is 4.99. The summed E-state index contributed by atoms with van der Waals surface area (Å²) in [5, 5.41) is 6.87. The first kappa shape index (κ1) is 22.2. The molecule has 0 aliphatic rings. The number of rotatable bonds is 7. The van der Waals surface area contributed by atoms with Crippen molar-refractivity contribution in [3.8, 4) is 0 Å². The second-order valence-electron chi connectivity index (χ2n) is 7.51. The van der Waals surface area contributed by atoms with Crippen LogP contribution in [-0.4, -0.2) is 31.3 Å². The number of carbonyl (C=O) groups excluding carboxylic acids is 2. The van der Waals surface area contributed by atoms with Crippen molar-refractivity contribution in [2.24, 2.45) is 0 Å². The Morgan fingerprint density at radius 1 is 1.06 bits per heavy atom. The Hall–Kier alpha value is -3.98. The Balaban J connectivity index is 1.42. The van der Waals surface area contributed by atoms with E-state index in [1.807, 2.05) is 12.1 Å². The number of hydrogen-bond acceptors (Lipinski definition) is 5. The number of hydrogen-bond donors (Lipinski definition) is 3. The fraction of sp³-hybridized carbons (Fsp3) is 0.174. The number of nitrogens with one attached hydrogen (secondary N) is 3. The van der Waals surface area contributed by atoms with Crippen molar-refractivity contribution in [3.05, 3.63) is 92.9 Å². The zero-order chi connectivity index (χ0) is 23.4. The van der Waals surface area contributed by atoms with Gasteiger partial charge in [-0.3, -0.25) is 19.4 Å². The van der Waals surface area contributed by atoms with Crippen molar-refractivity contribution in [3.63, 3.8) is 0 Å². The summed E-state index contributed by atoms with van der Waals surface area (Å²) in [6.07, 6.45) is 6.49. The molecule has 33 heavy (non-hydrogen) atoms. The number of halogens is 1. The van der Waals surface area contributed by atoms with Gasteiger partial charge in [0.2, 0.25) is 5.91 Å². The summed E-state index contributed by atoms with van der Waals surface area (Å²) in [5.74, 6) is -0.444. The molecule has 168 valence electrons. The number of aromatic nitrogens is 4. The highest BCUT2D eigenvalue weighted by atomic mass is 35.5. The first-order valence-corrected chi connectivity index (χ1v) is 10.6. The summed E-state index contributed by atoms with van der Waals surface area (Å²) in [7, 11) is 0. The van der Waals surface area contributed by atoms with Crippen molar-refractivity contribution < 1.29 is 9.59 Å². The Kier molecular flexibility index (Phi) is 6.50. The number of nitrogens with zero attached hydrogens (tertiary/aromatic N) is 3. The zero-order valence-electron chi connectivity index (χ0n) is 17.8. The minimum absolute atomic E-state index is 0.132. The molecule has 9 nitrogen and oxygen atoms in total. The molecule has 4 aromatic heterocycles. The summed E-state index contributed by atoms with van der Waals surface area (Å²) >= 11 is 6.13. The van der Waals surface area contributed by atoms with Gasteiger partial charge in [0.1, 0.15) is 5.65 Å². The van der Waals surface area contributed by atoms with Gasteiger partial charge in [0.15, 0.2) is 0 Å². The maximum Gasteiger partial charge on any atom is 0.253 e. The first-order valence-electron chi connectivity index (χ1n) is 10.2. The van der Waals surface area contributed by atoms with E-state index in [1.165, 1.54) is 29.8 Å². The topological polar surface area (TPSA) is 122 Å². The van der Waals surface area contributed by atoms with Crippen LogP contribution in [0.5, 0.6) is 0 Å². The second kappa shape index (κ2) is 9.66. The molecule has 0 saturated carbocycles. The number of fused-ring (bicyclic) bond motifs is 1. The third-order valence-corrected chi connectivity index (χ3v) is 5.31. The van der Waals surface area contributed by atoms with E-state index in [0.717, 1.165) is 16.5 Å². The summed E-state index contributed by atoms with van der Waals surface area (Å²) in [4.78, 5) is 47.5. The lowest BCUT2D eigenvalue weighted by atomic mass is 10.2. The summed E-state index contributed by atoms with van der Waals surface area (Å²) < 4.78 is 1.45. The molecule has 0 saturated heterocycles. The van der Waals surface area contributed by atoms with Crippen molar-refractivity contribution in [2.45, 2.75) is 26.6 Å². The van der Waals surface area contributed by atoms with Crippen LogP contribution in [0.1, 0.15) is 34.1 Å². The van der Waals surface area contributed by atoms with Crippen LogP contribution in [0.3, 0.4) is 0 Å². The molecule has 0 aliphatic heterocycles. The highest BCUT2D eigenvalue weighted by Gasteiger charge is 2.10. The summed E-state index contributed by atoms with van der Waals surface area (Å²) in [5.41, 5.74) is 3.12. The standard InChI is InChI=1S/C23H21ClN6O3/c1-14(31)25-10-18-4-2-15(7-26-18)12-30-13-17(3-5-21(30)32)23(33)29-9-16-6-19-20(24)11-28-22(19)27-8-16/h2-8,11,13H,9-10,12H2,1H3,(H,25,31)(H,27,28)(H,29,33). The molecular weight excluding hydrogens is 444 g/mol. The molecular formula is C23H21ClN6O3. The van der Waals surface area contributed by atoms with E-state index >= 15 is 0 Å². The van der Waals surface area contributed by atoms with Crippen LogP contribution in [0.15, 0.2) is 59.9 Å². The zero-order valence-corrected chi connectivity index (χ0v) is 18.5. The molecule has 3 N–H and O–H groups in total. The van der Waals surface area contributed by atoms with Gasteiger partial charge < -0.3 is 20.2 Å². The van der Waals surface area contributed by atoms with Crippen molar-refractivity contribution in [1.82, 2.24) is 30.2 Å². The van der Waals surface area contributed by atoms with Gasteiger partial charge in [-0.25, -0.2) is 4.98 Å².